The van der Waals surface area contributed by atoms with Crippen LogP contribution in [0.4, 0.5) is 5.69 Å². The van der Waals surface area contributed by atoms with E-state index >= 15 is 0 Å². The van der Waals surface area contributed by atoms with Gasteiger partial charge in [-0.25, -0.2) is 0 Å². The smallest absolute Gasteiger partial charge is 0.305 e. The molecule has 0 aliphatic rings. The lowest BCUT2D eigenvalue weighted by Crippen LogP contribution is -2.08. The van der Waals surface area contributed by atoms with E-state index in [0.717, 1.165) is 29.6 Å². The molecule has 0 radical (unpaired) electrons. The van der Waals surface area contributed by atoms with Gasteiger partial charge in [0.2, 0.25) is 0 Å². The fraction of sp³-hybridized carbons (Fsp3) is 0.333. The summed E-state index contributed by atoms with van der Waals surface area (Å²) >= 11 is 0. The Bertz CT molecular complexity index is 549. The van der Waals surface area contributed by atoms with Gasteiger partial charge in [-0.05, 0) is 25.5 Å². The first-order valence-corrected chi connectivity index (χ1v) is 6.54. The fourth-order valence-corrected chi connectivity index (χ4v) is 1.94. The molecule has 0 atom stereocenters. The summed E-state index contributed by atoms with van der Waals surface area (Å²) in [4.78, 5) is 15.5. The molecule has 1 heterocycles. The Kier molecular flexibility index (Phi) is 4.72. The number of benzene rings is 1. The first-order valence-electron chi connectivity index (χ1n) is 6.54. The van der Waals surface area contributed by atoms with E-state index in [1.54, 1.807) is 6.20 Å². The molecule has 0 fully saturated rings. The van der Waals surface area contributed by atoms with E-state index in [9.17, 15) is 4.79 Å². The molecule has 4 nitrogen and oxygen atoms in total. The Labute approximate surface area is 112 Å². The van der Waals surface area contributed by atoms with Crippen molar-refractivity contribution < 1.29 is 9.53 Å². The zero-order valence-electron chi connectivity index (χ0n) is 11.1. The Morgan fingerprint density at radius 2 is 2.16 bits per heavy atom. The Hall–Kier alpha value is -2.10. The van der Waals surface area contributed by atoms with Crippen molar-refractivity contribution in [3.63, 3.8) is 0 Å². The Morgan fingerprint density at radius 1 is 1.32 bits per heavy atom. The summed E-state index contributed by atoms with van der Waals surface area (Å²) in [5, 5.41) is 4.44. The number of nitrogens with one attached hydrogen (secondary N) is 1. The van der Waals surface area contributed by atoms with Crippen molar-refractivity contribution in [1.82, 2.24) is 4.98 Å². The number of hydrogen-bond acceptors (Lipinski definition) is 4. The van der Waals surface area contributed by atoms with Gasteiger partial charge in [0.05, 0.1) is 12.1 Å². The predicted molar refractivity (Wildman–Crippen MR) is 76.1 cm³/mol. The van der Waals surface area contributed by atoms with Crippen LogP contribution < -0.4 is 5.32 Å². The van der Waals surface area contributed by atoms with Crippen LogP contribution in [-0.4, -0.2) is 24.1 Å². The molecule has 2 rings (SSSR count). The summed E-state index contributed by atoms with van der Waals surface area (Å²) in [6.07, 6.45) is 3.00. The molecule has 0 amide bonds. The van der Waals surface area contributed by atoms with Gasteiger partial charge in [0.25, 0.3) is 0 Å². The first-order chi connectivity index (χ1) is 9.31. The van der Waals surface area contributed by atoms with Gasteiger partial charge in [0, 0.05) is 30.2 Å². The van der Waals surface area contributed by atoms with Gasteiger partial charge in [0.1, 0.15) is 0 Å². The number of nitrogens with zero attached hydrogens (tertiary/aromatic N) is 1. The summed E-state index contributed by atoms with van der Waals surface area (Å²) in [6, 6.07) is 9.94. The van der Waals surface area contributed by atoms with Gasteiger partial charge in [-0.15, -0.1) is 0 Å². The number of ether oxygens (including phenoxy) is 1. The van der Waals surface area contributed by atoms with Crippen LogP contribution in [0.2, 0.25) is 0 Å². The van der Waals surface area contributed by atoms with Crippen LogP contribution in [0.25, 0.3) is 10.9 Å². The topological polar surface area (TPSA) is 51.2 Å². The normalized spacial score (nSPS) is 10.4. The van der Waals surface area contributed by atoms with Crippen LogP contribution in [0.1, 0.15) is 19.8 Å². The molecule has 0 saturated heterocycles. The fourth-order valence-electron chi connectivity index (χ4n) is 1.94. The van der Waals surface area contributed by atoms with E-state index in [4.69, 9.17) is 4.74 Å². The van der Waals surface area contributed by atoms with Gasteiger partial charge in [-0.3, -0.25) is 9.78 Å². The number of esters is 1. The average molecular weight is 258 g/mol. The monoisotopic (exact) mass is 258 g/mol. The molecule has 1 aromatic heterocycles. The van der Waals surface area contributed by atoms with E-state index < -0.39 is 0 Å². The number of para-hydroxylation sites is 1. The quantitative estimate of drug-likeness (QED) is 0.639. The Morgan fingerprint density at radius 3 is 3.00 bits per heavy atom. The molecule has 1 N–H and O–H groups in total. The lowest BCUT2D eigenvalue weighted by Gasteiger charge is -2.09. The number of carbonyl (C=O) groups is 1. The van der Waals surface area contributed by atoms with Crippen molar-refractivity contribution >= 4 is 22.6 Å². The first kappa shape index (κ1) is 13.3. The van der Waals surface area contributed by atoms with Crippen molar-refractivity contribution in [3.8, 4) is 0 Å². The van der Waals surface area contributed by atoms with E-state index in [0.29, 0.717) is 13.0 Å². The van der Waals surface area contributed by atoms with Gasteiger partial charge in [-0.2, -0.15) is 0 Å². The third kappa shape index (κ3) is 3.68. The number of rotatable bonds is 6. The van der Waals surface area contributed by atoms with E-state index in [2.05, 4.69) is 10.3 Å². The Balaban J connectivity index is 1.90. The van der Waals surface area contributed by atoms with Gasteiger partial charge >= 0.3 is 5.97 Å². The molecule has 100 valence electrons. The molecule has 2 aromatic rings. The van der Waals surface area contributed by atoms with Crippen LogP contribution in [-0.2, 0) is 9.53 Å². The second-order valence-corrected chi connectivity index (χ2v) is 4.21. The lowest BCUT2D eigenvalue weighted by molar-refractivity contribution is -0.143. The molecule has 0 spiro atoms. The largest absolute Gasteiger partial charge is 0.466 e. The number of aromatic nitrogens is 1. The minimum Gasteiger partial charge on any atom is -0.466 e. The summed E-state index contributed by atoms with van der Waals surface area (Å²) in [5.41, 5.74) is 2.02. The zero-order chi connectivity index (χ0) is 13.5. The van der Waals surface area contributed by atoms with Crippen LogP contribution in [0.3, 0.4) is 0 Å². The maximum Gasteiger partial charge on any atom is 0.305 e. The highest BCUT2D eigenvalue weighted by Crippen LogP contribution is 2.20. The summed E-state index contributed by atoms with van der Waals surface area (Å²) in [6.45, 7) is 3.01. The third-order valence-electron chi connectivity index (χ3n) is 2.83. The number of pyridine rings is 1. The van der Waals surface area contributed by atoms with E-state index in [1.807, 2.05) is 37.3 Å². The molecule has 0 bridgehead atoms. The maximum absolute atomic E-state index is 11.2. The van der Waals surface area contributed by atoms with Crippen molar-refractivity contribution in [1.29, 1.82) is 0 Å². The van der Waals surface area contributed by atoms with Crippen molar-refractivity contribution in [2.45, 2.75) is 19.8 Å². The van der Waals surface area contributed by atoms with Crippen molar-refractivity contribution in [2.24, 2.45) is 0 Å². The van der Waals surface area contributed by atoms with Crippen LogP contribution >= 0.6 is 0 Å². The van der Waals surface area contributed by atoms with Crippen LogP contribution in [0.15, 0.2) is 36.5 Å². The molecule has 0 aliphatic heterocycles. The summed E-state index contributed by atoms with van der Waals surface area (Å²) in [7, 11) is 0. The standard InChI is InChI=1S/C15H18N2O2/c1-2-19-15(18)8-5-10-16-14-9-11-17-13-7-4-3-6-12(13)14/h3-4,6-7,9,11H,2,5,8,10H2,1H3,(H,16,17). The van der Waals surface area contributed by atoms with Gasteiger partial charge < -0.3 is 10.1 Å². The number of anilines is 1. The molecule has 0 unspecified atom stereocenters. The van der Waals surface area contributed by atoms with Gasteiger partial charge in [-0.1, -0.05) is 18.2 Å². The van der Waals surface area contributed by atoms with E-state index in [1.165, 1.54) is 0 Å². The molecule has 1 aromatic carbocycles. The number of carbonyl (C=O) groups excluding carboxylic acids is 1. The molecular formula is C15H18N2O2. The van der Waals surface area contributed by atoms with Crippen molar-refractivity contribution in [2.75, 3.05) is 18.5 Å². The van der Waals surface area contributed by atoms with Crippen molar-refractivity contribution in [3.05, 3.63) is 36.5 Å². The van der Waals surface area contributed by atoms with Crippen LogP contribution in [0, 0.1) is 0 Å². The second kappa shape index (κ2) is 6.73. The number of fused-ring (bicyclic) bond motifs is 1. The SMILES string of the molecule is CCOC(=O)CCCNc1ccnc2ccccc12. The second-order valence-electron chi connectivity index (χ2n) is 4.21. The molecular weight excluding hydrogens is 240 g/mol. The van der Waals surface area contributed by atoms with Crippen LogP contribution in [0.5, 0.6) is 0 Å². The zero-order valence-corrected chi connectivity index (χ0v) is 11.1. The molecule has 0 aliphatic carbocycles. The highest BCUT2D eigenvalue weighted by Gasteiger charge is 2.02. The molecule has 0 saturated carbocycles. The predicted octanol–water partition coefficient (Wildman–Crippen LogP) is 2.99. The molecule has 19 heavy (non-hydrogen) atoms. The van der Waals surface area contributed by atoms with Gasteiger partial charge in [0.15, 0.2) is 0 Å². The average Bonchev–Trinajstić information content (AvgIpc) is 2.44. The highest BCUT2D eigenvalue weighted by molar-refractivity contribution is 5.90. The molecule has 4 heteroatoms. The van der Waals surface area contributed by atoms with E-state index in [-0.39, 0.29) is 5.97 Å². The highest BCUT2D eigenvalue weighted by atomic mass is 16.5. The minimum atomic E-state index is -0.135. The number of hydrogen-bond donors (Lipinski definition) is 1. The maximum atomic E-state index is 11.2. The third-order valence-corrected chi connectivity index (χ3v) is 2.83. The summed E-state index contributed by atoms with van der Waals surface area (Å²) in [5.74, 6) is -0.135. The summed E-state index contributed by atoms with van der Waals surface area (Å²) < 4.78 is 4.89. The minimum absolute atomic E-state index is 0.135. The lowest BCUT2D eigenvalue weighted by atomic mass is 10.2.